The van der Waals surface area contributed by atoms with Crippen molar-refractivity contribution in [3.8, 4) is 5.75 Å². The van der Waals surface area contributed by atoms with Gasteiger partial charge in [-0.25, -0.2) is 31.9 Å². The summed E-state index contributed by atoms with van der Waals surface area (Å²) >= 11 is 23.0. The Labute approximate surface area is 281 Å². The fourth-order valence-electron chi connectivity index (χ4n) is 3.75. The first-order valence-corrected chi connectivity index (χ1v) is 17.2. The van der Waals surface area contributed by atoms with Gasteiger partial charge in [0.25, 0.3) is 5.91 Å². The summed E-state index contributed by atoms with van der Waals surface area (Å²) in [6.45, 7) is 0. The van der Waals surface area contributed by atoms with Crippen molar-refractivity contribution in [1.29, 1.82) is 0 Å². The number of nitrogens with one attached hydrogen (secondary N) is 1. The number of primary sulfonamides is 2. The van der Waals surface area contributed by atoms with Crippen LogP contribution in [-0.4, -0.2) is 38.4 Å². The highest BCUT2D eigenvalue weighted by Crippen LogP contribution is 2.46. The third-order valence-corrected chi connectivity index (χ3v) is 8.40. The molecule has 4 aromatic carbocycles. The molecule has 0 aliphatic carbocycles. The Balaban J connectivity index is 1.94. The number of carbonyl (C=O) groups is 2. The minimum absolute atomic E-state index is 0.0498. The summed E-state index contributed by atoms with van der Waals surface area (Å²) in [5.74, 6) is -2.06. The number of halogens is 4. The van der Waals surface area contributed by atoms with Crippen LogP contribution in [0.3, 0.4) is 0 Å². The molecular weight excluding hydrogens is 728 g/mol. The number of fused-ring (bicyclic) bond motifs is 1. The summed E-state index contributed by atoms with van der Waals surface area (Å²) in [6.07, 6.45) is 0. The Hall–Kier alpha value is -3.74. The summed E-state index contributed by atoms with van der Waals surface area (Å²) in [4.78, 5) is 21.6. The Kier molecular flexibility index (Phi) is 11.0. The largest absolute Gasteiger partial charge is 0.421 e. The topological polar surface area (TPSA) is 225 Å². The number of sulfonamides is 2. The lowest BCUT2D eigenvalue weighted by Crippen LogP contribution is -2.19. The summed E-state index contributed by atoms with van der Waals surface area (Å²) in [7, 11) is -7.92. The molecule has 0 unspecified atom stereocenters. The first kappa shape index (κ1) is 35.1. The number of ether oxygens (including phenoxy) is 1. The normalized spacial score (nSPS) is 12.4. The van der Waals surface area contributed by atoms with Gasteiger partial charge in [-0.1, -0.05) is 58.5 Å². The van der Waals surface area contributed by atoms with Gasteiger partial charge in [0.15, 0.2) is 10.6 Å². The third kappa shape index (κ3) is 8.74. The van der Waals surface area contributed by atoms with Crippen molar-refractivity contribution in [3.05, 3.63) is 72.8 Å². The van der Waals surface area contributed by atoms with Crippen molar-refractivity contribution < 1.29 is 31.2 Å². The highest BCUT2D eigenvalue weighted by atomic mass is 35.5. The van der Waals surface area contributed by atoms with Crippen LogP contribution in [0, 0.1) is 0 Å². The van der Waals surface area contributed by atoms with Gasteiger partial charge >= 0.3 is 5.97 Å². The van der Waals surface area contributed by atoms with Crippen LogP contribution in [0.15, 0.2) is 103 Å². The molecule has 0 saturated heterocycles. The number of nitrogens with two attached hydrogens (primary N) is 2. The number of alkyl halides is 4. The zero-order valence-electron chi connectivity index (χ0n) is 22.7. The lowest BCUT2D eigenvalue weighted by atomic mass is 10.0. The monoisotopic (exact) mass is 745 g/mol. The molecule has 1 amide bonds. The SMILES string of the molecule is NS(=O)(=O)c1ccc(N=Nc2cc(N=Nc3ccc(S(N)(=O)=O)cc3)c3c(NC(=O)C(Cl)Cl)cccc3c2OC(=O)C(Cl)Cl)cc1. The van der Waals surface area contributed by atoms with E-state index in [-0.39, 0.29) is 54.7 Å². The van der Waals surface area contributed by atoms with Crippen molar-refractivity contribution in [1.82, 2.24) is 0 Å². The maximum atomic E-state index is 12.5. The Bertz CT molecular complexity index is 2090. The molecule has 0 aliphatic heterocycles. The van der Waals surface area contributed by atoms with Crippen molar-refractivity contribution in [2.75, 3.05) is 5.32 Å². The van der Waals surface area contributed by atoms with Crippen LogP contribution in [0.25, 0.3) is 10.8 Å². The number of amides is 1. The van der Waals surface area contributed by atoms with E-state index in [2.05, 4.69) is 25.8 Å². The molecule has 0 aliphatic rings. The molecule has 4 aromatic rings. The minimum atomic E-state index is -3.96. The maximum Gasteiger partial charge on any atom is 0.344 e. The lowest BCUT2D eigenvalue weighted by molar-refractivity contribution is -0.132. The van der Waals surface area contributed by atoms with Crippen LogP contribution < -0.4 is 20.3 Å². The molecule has 0 fully saturated rings. The van der Waals surface area contributed by atoms with E-state index in [4.69, 9.17) is 61.4 Å². The highest BCUT2D eigenvalue weighted by Gasteiger charge is 2.23. The summed E-state index contributed by atoms with van der Waals surface area (Å²) in [5, 5.41) is 29.9. The summed E-state index contributed by atoms with van der Waals surface area (Å²) in [6, 6.07) is 16.1. The van der Waals surface area contributed by atoms with E-state index in [1.54, 1.807) is 0 Å². The van der Waals surface area contributed by atoms with Gasteiger partial charge in [-0.2, -0.15) is 10.2 Å². The fraction of sp³-hybridized carbons (Fsp3) is 0.0769. The van der Waals surface area contributed by atoms with E-state index in [0.717, 1.165) is 0 Å². The molecule has 5 N–H and O–H groups in total. The molecule has 4 rings (SSSR count). The molecule has 0 bridgehead atoms. The zero-order valence-corrected chi connectivity index (χ0v) is 27.4. The van der Waals surface area contributed by atoms with E-state index >= 15 is 0 Å². The number of hydrogen-bond donors (Lipinski definition) is 3. The van der Waals surface area contributed by atoms with Crippen LogP contribution >= 0.6 is 46.4 Å². The molecule has 20 heteroatoms. The highest BCUT2D eigenvalue weighted by molar-refractivity contribution is 7.89. The van der Waals surface area contributed by atoms with E-state index in [9.17, 15) is 26.4 Å². The molecule has 0 heterocycles. The Morgan fingerprint density at radius 3 is 1.65 bits per heavy atom. The number of benzene rings is 4. The second kappa shape index (κ2) is 14.4. The molecule has 0 radical (unpaired) electrons. The molecule has 46 heavy (non-hydrogen) atoms. The van der Waals surface area contributed by atoms with Crippen LogP contribution in [0.5, 0.6) is 5.75 Å². The standard InChI is InChI=1S/C26H19Cl4N7O7S2/c27-23(28)25(38)33-18-3-1-2-17-21(18)19(36-34-13-4-8-15(9-5-13)45(31,40)41)12-20(22(17)44-26(39)24(29)30)37-35-14-6-10-16(11-7-14)46(32,42)43/h1-12,23-24H,(H,33,38)(H2,31,40,41)(H2,32,42,43). The van der Waals surface area contributed by atoms with Crippen LogP contribution in [0.4, 0.5) is 28.4 Å². The average Bonchev–Trinajstić information content (AvgIpc) is 2.99. The zero-order chi connectivity index (χ0) is 33.8. The maximum absolute atomic E-state index is 12.5. The second-order valence-corrected chi connectivity index (χ2v) is 14.3. The number of anilines is 1. The smallest absolute Gasteiger partial charge is 0.344 e. The Morgan fingerprint density at radius 2 is 1.20 bits per heavy atom. The molecule has 0 spiro atoms. The lowest BCUT2D eigenvalue weighted by Gasteiger charge is -2.16. The predicted molar refractivity (Wildman–Crippen MR) is 173 cm³/mol. The van der Waals surface area contributed by atoms with Gasteiger partial charge in [0, 0.05) is 10.8 Å². The van der Waals surface area contributed by atoms with E-state index < -0.39 is 41.6 Å². The number of rotatable bonds is 10. The summed E-state index contributed by atoms with van der Waals surface area (Å²) in [5.41, 5.74) is 0.477. The van der Waals surface area contributed by atoms with Crippen molar-refractivity contribution in [3.63, 3.8) is 0 Å². The predicted octanol–water partition coefficient (Wildman–Crippen LogP) is 6.42. The number of esters is 1. The molecule has 0 saturated carbocycles. The number of nitrogens with zero attached hydrogens (tertiary/aromatic N) is 4. The van der Waals surface area contributed by atoms with Gasteiger partial charge in [-0.3, -0.25) is 4.79 Å². The summed E-state index contributed by atoms with van der Waals surface area (Å²) < 4.78 is 51.9. The van der Waals surface area contributed by atoms with Crippen LogP contribution in [0.2, 0.25) is 0 Å². The average molecular weight is 747 g/mol. The molecule has 0 aromatic heterocycles. The molecular formula is C26H19Cl4N7O7S2. The first-order chi connectivity index (χ1) is 21.5. The van der Waals surface area contributed by atoms with Crippen molar-refractivity contribution in [2.24, 2.45) is 30.7 Å². The van der Waals surface area contributed by atoms with E-state index in [1.165, 1.54) is 72.8 Å². The van der Waals surface area contributed by atoms with Crippen molar-refractivity contribution in [2.45, 2.75) is 19.5 Å². The minimum Gasteiger partial charge on any atom is -0.421 e. The van der Waals surface area contributed by atoms with E-state index in [1.807, 2.05) is 0 Å². The number of azo groups is 2. The van der Waals surface area contributed by atoms with Gasteiger partial charge < -0.3 is 10.1 Å². The van der Waals surface area contributed by atoms with Gasteiger partial charge in [0.05, 0.1) is 32.5 Å². The van der Waals surface area contributed by atoms with Crippen LogP contribution in [-0.2, 0) is 29.6 Å². The Morgan fingerprint density at radius 1 is 0.696 bits per heavy atom. The quantitative estimate of drug-likeness (QED) is 0.0714. The molecule has 0 atom stereocenters. The van der Waals surface area contributed by atoms with Crippen LogP contribution in [0.1, 0.15) is 0 Å². The fourth-order valence-corrected chi connectivity index (χ4v) is 4.98. The molecule has 240 valence electrons. The number of hydrogen-bond acceptors (Lipinski definition) is 11. The first-order valence-electron chi connectivity index (χ1n) is 12.3. The third-order valence-electron chi connectivity index (χ3n) is 5.79. The van der Waals surface area contributed by atoms with Crippen molar-refractivity contribution >= 4 is 118 Å². The van der Waals surface area contributed by atoms with Gasteiger partial charge in [-0.05, 0) is 60.7 Å². The van der Waals surface area contributed by atoms with Gasteiger partial charge in [0.1, 0.15) is 5.69 Å². The number of carbonyl (C=O) groups excluding carboxylic acids is 2. The van der Waals surface area contributed by atoms with Gasteiger partial charge in [-0.15, -0.1) is 10.2 Å². The van der Waals surface area contributed by atoms with E-state index in [0.29, 0.717) is 0 Å². The van der Waals surface area contributed by atoms with Gasteiger partial charge in [0.2, 0.25) is 24.9 Å². The molecule has 14 nitrogen and oxygen atoms in total. The second-order valence-electron chi connectivity index (χ2n) is 8.96.